The van der Waals surface area contributed by atoms with E-state index in [1.165, 1.54) is 5.56 Å². The van der Waals surface area contributed by atoms with Gasteiger partial charge in [-0.3, -0.25) is 4.79 Å². The maximum Gasteiger partial charge on any atom is 0.233 e. The summed E-state index contributed by atoms with van der Waals surface area (Å²) in [6.45, 7) is 3.79. The quantitative estimate of drug-likeness (QED) is 0.738. The SMILES string of the molecule is CCCN(CCBr)C(=O)C1(c2ccccc2)CC1. The summed E-state index contributed by atoms with van der Waals surface area (Å²) in [4.78, 5) is 14.7. The zero-order valence-corrected chi connectivity index (χ0v) is 12.4. The van der Waals surface area contributed by atoms with Gasteiger partial charge in [0.1, 0.15) is 0 Å². The maximum absolute atomic E-state index is 12.7. The van der Waals surface area contributed by atoms with E-state index in [1.807, 2.05) is 23.1 Å². The molecule has 1 saturated carbocycles. The first-order chi connectivity index (χ1) is 8.74. The molecule has 98 valence electrons. The molecule has 0 N–H and O–H groups in total. The summed E-state index contributed by atoms with van der Waals surface area (Å²) in [5.74, 6) is 0.315. The van der Waals surface area contributed by atoms with Crippen LogP contribution in [0, 0.1) is 0 Å². The Kier molecular flexibility index (Phi) is 4.44. The molecule has 18 heavy (non-hydrogen) atoms. The van der Waals surface area contributed by atoms with Crippen molar-refractivity contribution in [2.75, 3.05) is 18.4 Å². The number of nitrogens with zero attached hydrogens (tertiary/aromatic N) is 1. The fourth-order valence-electron chi connectivity index (χ4n) is 2.50. The predicted molar refractivity (Wildman–Crippen MR) is 78.0 cm³/mol. The Morgan fingerprint density at radius 3 is 2.44 bits per heavy atom. The van der Waals surface area contributed by atoms with E-state index in [0.717, 1.165) is 37.7 Å². The van der Waals surface area contributed by atoms with E-state index in [0.29, 0.717) is 5.91 Å². The zero-order chi connectivity index (χ0) is 13.0. The first-order valence-electron chi connectivity index (χ1n) is 6.65. The number of carbonyl (C=O) groups excluding carboxylic acids is 1. The van der Waals surface area contributed by atoms with Gasteiger partial charge in [-0.1, -0.05) is 53.2 Å². The molecule has 0 unspecified atom stereocenters. The number of halogens is 1. The molecule has 1 amide bonds. The smallest absolute Gasteiger partial charge is 0.233 e. The lowest BCUT2D eigenvalue weighted by atomic mass is 9.94. The van der Waals surface area contributed by atoms with Crippen LogP contribution in [0.2, 0.25) is 0 Å². The number of alkyl halides is 1. The Morgan fingerprint density at radius 2 is 1.94 bits per heavy atom. The molecule has 1 aromatic rings. The highest BCUT2D eigenvalue weighted by molar-refractivity contribution is 9.09. The third-order valence-electron chi connectivity index (χ3n) is 3.62. The average Bonchev–Trinajstić information content (AvgIpc) is 3.20. The second kappa shape index (κ2) is 5.87. The number of rotatable bonds is 6. The number of carbonyl (C=O) groups is 1. The number of benzene rings is 1. The Hall–Kier alpha value is -0.830. The third-order valence-corrected chi connectivity index (χ3v) is 3.98. The Balaban J connectivity index is 2.17. The molecule has 0 atom stereocenters. The van der Waals surface area contributed by atoms with E-state index in [4.69, 9.17) is 0 Å². The lowest BCUT2D eigenvalue weighted by Crippen LogP contribution is -2.40. The van der Waals surface area contributed by atoms with Gasteiger partial charge in [0.15, 0.2) is 0 Å². The number of hydrogen-bond donors (Lipinski definition) is 0. The van der Waals surface area contributed by atoms with Gasteiger partial charge >= 0.3 is 0 Å². The van der Waals surface area contributed by atoms with Crippen LogP contribution in [0.25, 0.3) is 0 Å². The molecule has 0 aliphatic heterocycles. The van der Waals surface area contributed by atoms with Crippen LogP contribution < -0.4 is 0 Å². The molecule has 0 spiro atoms. The summed E-state index contributed by atoms with van der Waals surface area (Å²) < 4.78 is 0. The van der Waals surface area contributed by atoms with E-state index in [9.17, 15) is 4.79 Å². The minimum absolute atomic E-state index is 0.210. The molecule has 0 radical (unpaired) electrons. The normalized spacial score (nSPS) is 16.3. The molecule has 1 aliphatic carbocycles. The van der Waals surface area contributed by atoms with Gasteiger partial charge in [0.25, 0.3) is 0 Å². The monoisotopic (exact) mass is 309 g/mol. The maximum atomic E-state index is 12.7. The molecule has 3 heteroatoms. The largest absolute Gasteiger partial charge is 0.341 e. The van der Waals surface area contributed by atoms with E-state index < -0.39 is 0 Å². The molecule has 0 aromatic heterocycles. The van der Waals surface area contributed by atoms with Crippen molar-refractivity contribution in [2.45, 2.75) is 31.6 Å². The lowest BCUT2D eigenvalue weighted by molar-refractivity contribution is -0.133. The molecular formula is C15H20BrNO. The lowest BCUT2D eigenvalue weighted by Gasteiger charge is -2.26. The van der Waals surface area contributed by atoms with Crippen molar-refractivity contribution in [3.05, 3.63) is 35.9 Å². The standard InChI is InChI=1S/C15H20BrNO/c1-2-11-17(12-10-16)14(18)15(8-9-15)13-6-4-3-5-7-13/h3-7H,2,8-12H2,1H3. The van der Waals surface area contributed by atoms with E-state index in [-0.39, 0.29) is 5.41 Å². The molecule has 0 saturated heterocycles. The molecule has 2 rings (SSSR count). The highest BCUT2D eigenvalue weighted by Crippen LogP contribution is 2.49. The molecule has 1 aromatic carbocycles. The minimum atomic E-state index is -0.210. The van der Waals surface area contributed by atoms with Gasteiger partial charge in [-0.05, 0) is 24.8 Å². The van der Waals surface area contributed by atoms with Crippen molar-refractivity contribution in [3.8, 4) is 0 Å². The Bertz CT molecular complexity index is 394. The van der Waals surface area contributed by atoms with Gasteiger partial charge in [-0.2, -0.15) is 0 Å². The molecule has 1 fully saturated rings. The van der Waals surface area contributed by atoms with Crippen LogP contribution in [0.1, 0.15) is 31.7 Å². The van der Waals surface area contributed by atoms with Crippen LogP contribution >= 0.6 is 15.9 Å². The summed E-state index contributed by atoms with van der Waals surface area (Å²) >= 11 is 3.44. The third kappa shape index (κ3) is 2.61. The van der Waals surface area contributed by atoms with Gasteiger partial charge in [0, 0.05) is 18.4 Å². The van der Waals surface area contributed by atoms with Crippen molar-refractivity contribution >= 4 is 21.8 Å². The van der Waals surface area contributed by atoms with Crippen molar-refractivity contribution in [1.29, 1.82) is 0 Å². The van der Waals surface area contributed by atoms with Crippen molar-refractivity contribution in [3.63, 3.8) is 0 Å². The Morgan fingerprint density at radius 1 is 1.28 bits per heavy atom. The van der Waals surface area contributed by atoms with E-state index in [2.05, 4.69) is 35.0 Å². The van der Waals surface area contributed by atoms with Crippen LogP contribution in [-0.4, -0.2) is 29.2 Å². The number of amides is 1. The van der Waals surface area contributed by atoms with Crippen molar-refractivity contribution < 1.29 is 4.79 Å². The summed E-state index contributed by atoms with van der Waals surface area (Å²) in [7, 11) is 0. The molecular weight excluding hydrogens is 290 g/mol. The fraction of sp³-hybridized carbons (Fsp3) is 0.533. The zero-order valence-electron chi connectivity index (χ0n) is 10.9. The van der Waals surface area contributed by atoms with E-state index in [1.54, 1.807) is 0 Å². The van der Waals surface area contributed by atoms with Crippen molar-refractivity contribution in [2.24, 2.45) is 0 Å². The highest BCUT2D eigenvalue weighted by atomic mass is 79.9. The minimum Gasteiger partial charge on any atom is -0.341 e. The Labute approximate surface area is 117 Å². The molecule has 1 aliphatic rings. The highest BCUT2D eigenvalue weighted by Gasteiger charge is 2.52. The second-order valence-corrected chi connectivity index (χ2v) is 5.72. The predicted octanol–water partition coefficient (Wildman–Crippen LogP) is 3.35. The van der Waals surface area contributed by atoms with Gasteiger partial charge in [-0.15, -0.1) is 0 Å². The average molecular weight is 310 g/mol. The summed E-state index contributed by atoms with van der Waals surface area (Å²) in [5, 5.41) is 0.851. The fourth-order valence-corrected chi connectivity index (χ4v) is 2.93. The molecule has 0 heterocycles. The van der Waals surface area contributed by atoms with Gasteiger partial charge in [0.05, 0.1) is 5.41 Å². The molecule has 0 bridgehead atoms. The topological polar surface area (TPSA) is 20.3 Å². The van der Waals surface area contributed by atoms with Crippen LogP contribution in [0.3, 0.4) is 0 Å². The van der Waals surface area contributed by atoms with Gasteiger partial charge in [0.2, 0.25) is 5.91 Å². The van der Waals surface area contributed by atoms with Crippen LogP contribution in [0.4, 0.5) is 0 Å². The first-order valence-corrected chi connectivity index (χ1v) is 7.77. The molecule has 2 nitrogen and oxygen atoms in total. The number of hydrogen-bond acceptors (Lipinski definition) is 1. The van der Waals surface area contributed by atoms with E-state index >= 15 is 0 Å². The van der Waals surface area contributed by atoms with Crippen LogP contribution in [-0.2, 0) is 10.2 Å². The van der Waals surface area contributed by atoms with Crippen molar-refractivity contribution in [1.82, 2.24) is 4.90 Å². The van der Waals surface area contributed by atoms with Crippen LogP contribution in [0.15, 0.2) is 30.3 Å². The second-order valence-electron chi connectivity index (χ2n) is 4.93. The van der Waals surface area contributed by atoms with Gasteiger partial charge in [-0.25, -0.2) is 0 Å². The summed E-state index contributed by atoms with van der Waals surface area (Å²) in [6.07, 6.45) is 3.01. The first kappa shape index (κ1) is 13.6. The van der Waals surface area contributed by atoms with Crippen LogP contribution in [0.5, 0.6) is 0 Å². The van der Waals surface area contributed by atoms with Gasteiger partial charge < -0.3 is 4.90 Å². The summed E-state index contributed by atoms with van der Waals surface area (Å²) in [6, 6.07) is 10.2. The summed E-state index contributed by atoms with van der Waals surface area (Å²) in [5.41, 5.74) is 0.976.